The van der Waals surface area contributed by atoms with Gasteiger partial charge in [-0.2, -0.15) is 0 Å². The summed E-state index contributed by atoms with van der Waals surface area (Å²) >= 11 is 0. The van der Waals surface area contributed by atoms with Crippen LogP contribution in [0.5, 0.6) is 11.5 Å². The molecule has 19 nitrogen and oxygen atoms in total. The summed E-state index contributed by atoms with van der Waals surface area (Å²) in [6.07, 6.45) is 42.5. The number of methoxy groups -OCH3 is 1. The largest absolute Gasteiger partial charge is 0.485 e. The molecule has 0 aliphatic heterocycles. The van der Waals surface area contributed by atoms with Gasteiger partial charge < -0.3 is 43.5 Å². The fourth-order valence-electron chi connectivity index (χ4n) is 17.2. The van der Waals surface area contributed by atoms with Crippen LogP contribution in [0.2, 0.25) is 0 Å². The Balaban J connectivity index is 0.000000220. The number of carboxylic acid groups (broad SMARTS) is 2. The van der Waals surface area contributed by atoms with Gasteiger partial charge >= 0.3 is 17.9 Å². The van der Waals surface area contributed by atoms with E-state index in [0.29, 0.717) is 33.9 Å². The second-order valence-corrected chi connectivity index (χ2v) is 36.5. The van der Waals surface area contributed by atoms with E-state index >= 15 is 0 Å². The van der Waals surface area contributed by atoms with Crippen molar-refractivity contribution in [3.8, 4) is 11.5 Å². The van der Waals surface area contributed by atoms with Crippen LogP contribution in [0.25, 0.3) is 65.4 Å². The van der Waals surface area contributed by atoms with Crippen LogP contribution in [0.3, 0.4) is 0 Å². The van der Waals surface area contributed by atoms with Crippen molar-refractivity contribution in [1.82, 2.24) is 29.1 Å². The molecule has 134 heavy (non-hydrogen) atoms. The lowest BCUT2D eigenvalue weighted by atomic mass is 10.0. The fourth-order valence-corrected chi connectivity index (χ4v) is 17.2. The average molecular weight is 1830 g/mol. The van der Waals surface area contributed by atoms with E-state index in [9.17, 15) is 43.5 Å². The molecule has 19 heteroatoms. The highest BCUT2D eigenvalue weighted by molar-refractivity contribution is 5.89. The van der Waals surface area contributed by atoms with Gasteiger partial charge in [-0.3, -0.25) is 43.5 Å². The molecular formula is C115H154N6O13. The third-order valence-electron chi connectivity index (χ3n) is 24.8. The summed E-state index contributed by atoms with van der Waals surface area (Å²) in [5, 5.41) is 22.9. The van der Waals surface area contributed by atoms with Crippen LogP contribution in [0.4, 0.5) is 0 Å². The van der Waals surface area contributed by atoms with Gasteiger partial charge in [0.05, 0.1) is 29.2 Å². The van der Waals surface area contributed by atoms with Gasteiger partial charge in [0.25, 0.3) is 0 Å². The molecule has 722 valence electrons. The molecule has 0 atom stereocenters. The monoisotopic (exact) mass is 1830 g/mol. The first-order valence-electron chi connectivity index (χ1n) is 49.7. The highest BCUT2D eigenvalue weighted by Gasteiger charge is 2.21. The molecule has 0 aliphatic rings. The summed E-state index contributed by atoms with van der Waals surface area (Å²) in [5.41, 5.74) is 16.9. The van der Waals surface area contributed by atoms with E-state index in [-0.39, 0.29) is 59.8 Å². The van der Waals surface area contributed by atoms with Crippen molar-refractivity contribution in [3.63, 3.8) is 0 Å². The van der Waals surface area contributed by atoms with Crippen LogP contribution in [0.15, 0.2) is 177 Å². The minimum absolute atomic E-state index is 0.0215. The first kappa shape index (κ1) is 109. The highest BCUT2D eigenvalue weighted by atomic mass is 16.5. The van der Waals surface area contributed by atoms with Gasteiger partial charge in [-0.15, -0.1) is 0 Å². The third kappa shape index (κ3) is 34.4. The van der Waals surface area contributed by atoms with Crippen LogP contribution < -0.4 is 31.2 Å². The summed E-state index contributed by atoms with van der Waals surface area (Å²) in [4.78, 5) is 112. The number of hydrogen-bond donors (Lipinski definition) is 4. The van der Waals surface area contributed by atoms with Gasteiger partial charge in [-0.1, -0.05) is 269 Å². The van der Waals surface area contributed by atoms with Gasteiger partial charge in [0.2, 0.25) is 0 Å². The lowest BCUT2D eigenvalue weighted by Crippen LogP contribution is -2.22. The maximum atomic E-state index is 12.7. The number of unbranched alkanes of at least 4 members (excludes halogenated alkanes) is 22. The van der Waals surface area contributed by atoms with Crippen LogP contribution in [0.1, 0.15) is 303 Å². The molecule has 0 amide bonds. The number of fused-ring (bicyclic) bond motifs is 6. The maximum Gasteiger partial charge on any atom is 0.341 e. The Kier molecular flexibility index (Phi) is 48.3. The van der Waals surface area contributed by atoms with Crippen molar-refractivity contribution in [1.29, 1.82) is 0 Å². The third-order valence-corrected chi connectivity index (χ3v) is 24.8. The van der Waals surface area contributed by atoms with Gasteiger partial charge in [-0.05, 0) is 217 Å². The van der Waals surface area contributed by atoms with Crippen LogP contribution in [0, 0.1) is 53.4 Å². The SMILES string of the molecule is CCCCCCCCc1c(C)c(=O)c2ccccc2n1CC(=O)O.CCCCCCCCc1c(C)c(=O)c2ccccc2n1CC(=O)OC.CCCCCCCCc1nc2ccccc2c(OCC(=O)O)c1C.CCCCCCCCc1nc2ccccc2c(OCC(C)=O)c1C.Cc1c(CC(C)C)[nH]c2ccccc2c1=O.Cc1c(CCCC/C=C/C(C)C)[nH]c2ccccc2c1=O. The quantitative estimate of drug-likeness (QED) is 0.0157. The number of aliphatic carboxylic acids is 2. The van der Waals surface area contributed by atoms with Gasteiger partial charge in [0, 0.05) is 111 Å². The predicted molar refractivity (Wildman–Crippen MR) is 555 cm³/mol. The number of pyridine rings is 6. The van der Waals surface area contributed by atoms with E-state index in [1.54, 1.807) is 17.6 Å². The highest BCUT2D eigenvalue weighted by Crippen LogP contribution is 2.34. The number of carboxylic acids is 2. The van der Waals surface area contributed by atoms with Crippen molar-refractivity contribution in [2.45, 2.75) is 329 Å². The summed E-state index contributed by atoms with van der Waals surface area (Å²) in [7, 11) is 1.40. The van der Waals surface area contributed by atoms with E-state index in [0.717, 1.165) is 219 Å². The van der Waals surface area contributed by atoms with Crippen LogP contribution in [-0.4, -0.2) is 83.3 Å². The summed E-state index contributed by atoms with van der Waals surface area (Å²) < 4.78 is 20.0. The van der Waals surface area contributed by atoms with Crippen molar-refractivity contribution in [2.75, 3.05) is 20.3 Å². The molecule has 12 aromatic rings. The Labute approximate surface area is 795 Å². The Hall–Kier alpha value is -11.6. The van der Waals surface area contributed by atoms with Gasteiger partial charge in [0.15, 0.2) is 34.1 Å². The molecule has 0 saturated carbocycles. The van der Waals surface area contributed by atoms with E-state index < -0.39 is 11.9 Å². The number of ether oxygens (including phenoxy) is 3. The minimum Gasteiger partial charge on any atom is -0.485 e. The molecule has 0 radical (unpaired) electrons. The van der Waals surface area contributed by atoms with E-state index in [4.69, 9.17) is 29.3 Å². The number of nitrogens with one attached hydrogen (secondary N) is 2. The number of rotatable bonds is 46. The lowest BCUT2D eigenvalue weighted by Gasteiger charge is -2.18. The number of hydrogen-bond acceptors (Lipinski definition) is 13. The number of carbonyl (C=O) groups is 4. The van der Waals surface area contributed by atoms with Crippen molar-refractivity contribution < 1.29 is 43.6 Å². The minimum atomic E-state index is -0.965. The number of allylic oxidation sites excluding steroid dienone is 2. The van der Waals surface area contributed by atoms with Crippen LogP contribution >= 0.6 is 0 Å². The lowest BCUT2D eigenvalue weighted by molar-refractivity contribution is -0.141. The number of benzene rings is 6. The molecule has 0 fully saturated rings. The number of para-hydroxylation sites is 6. The number of ketones is 1. The zero-order valence-electron chi connectivity index (χ0n) is 83.5. The van der Waals surface area contributed by atoms with Gasteiger partial charge in [0.1, 0.15) is 31.2 Å². The number of aromatic nitrogens is 6. The van der Waals surface area contributed by atoms with Crippen molar-refractivity contribution >= 4 is 89.1 Å². The molecule has 0 spiro atoms. The Morgan fingerprint density at radius 3 is 1.14 bits per heavy atom. The fraction of sp³-hybridized carbons (Fsp3) is 0.478. The predicted octanol–water partition coefficient (Wildman–Crippen LogP) is 26.8. The Bertz CT molecular complexity index is 5910. The molecule has 12 rings (SSSR count). The number of esters is 1. The molecule has 6 heterocycles. The van der Waals surface area contributed by atoms with E-state index in [1.165, 1.54) is 123 Å². The standard InChI is InChI=1S/C21H29NO3.C21H29NO2.2C20H27NO3.C19H25NO.C14H17NO/c1-4-5-6-7-8-9-13-18-16(2)21(24)17-12-10-11-14-19(17)22(18)15-20(23)25-3;1-4-5-6-7-8-9-13-19-17(3)21(24-15-16(2)23)18-12-10-11-14-20(18)22-19;1-3-4-5-6-7-8-12-17-15(2)20(24-14-19(22)23)16-11-9-10-13-18(16)21-17;1-3-4-5-6-7-8-12-17-15(2)20(24)16-11-9-10-13-18(16)21(17)14-19(22)23;1-14(2)10-6-4-5-7-12-17-15(3)19(21)16-11-8-9-13-18(16)20-17;1-9(2)8-13-10(3)14(16)11-6-4-5-7-12(11)15-13/h10-12,14H,4-9,13,15H2,1-3H3;10-12,14H,4-9,13,15H2,1-3H3;2*9-11,13H,3-8,12,14H2,1-2H3,(H,22,23);6,8-11,13-14H,4-5,7,12H2,1-3H3,(H,20,21);4-7,9H,8H2,1-3H3,(H,15,16)/b;;;;10-6+;. The molecule has 0 unspecified atom stereocenters. The summed E-state index contributed by atoms with van der Waals surface area (Å²) in [5.74, 6) is 0.547. The van der Waals surface area contributed by atoms with Crippen LogP contribution in [-0.2, 0) is 75.5 Å². The summed E-state index contributed by atoms with van der Waals surface area (Å²) in [6, 6.07) is 46.0. The van der Waals surface area contributed by atoms with E-state index in [1.807, 2.05) is 179 Å². The molecule has 4 N–H and O–H groups in total. The Morgan fingerprint density at radius 2 is 0.739 bits per heavy atom. The summed E-state index contributed by atoms with van der Waals surface area (Å²) in [6.45, 7) is 30.5. The molecular weight excluding hydrogens is 1670 g/mol. The normalized spacial score (nSPS) is 11.1. The number of aromatic amines is 2. The number of carbonyl (C=O) groups excluding carboxylic acids is 2. The average Bonchev–Trinajstić information content (AvgIpc) is 0.765. The van der Waals surface area contributed by atoms with Crippen molar-refractivity contribution in [2.24, 2.45) is 11.8 Å². The first-order valence-corrected chi connectivity index (χ1v) is 49.7. The molecule has 6 aromatic carbocycles. The number of H-pyrrole nitrogens is 2. The second-order valence-electron chi connectivity index (χ2n) is 36.5. The zero-order chi connectivity index (χ0) is 97.4. The van der Waals surface area contributed by atoms with Crippen molar-refractivity contribution in [3.05, 3.63) is 266 Å². The van der Waals surface area contributed by atoms with E-state index in [2.05, 4.69) is 84.4 Å². The number of nitrogens with zero attached hydrogens (tertiary/aromatic N) is 4. The smallest absolute Gasteiger partial charge is 0.341 e. The first-order chi connectivity index (χ1) is 64.6. The molecule has 0 aliphatic carbocycles. The maximum absolute atomic E-state index is 12.7. The zero-order valence-corrected chi connectivity index (χ0v) is 83.5. The van der Waals surface area contributed by atoms with Gasteiger partial charge in [-0.25, -0.2) is 4.79 Å². The second kappa shape index (κ2) is 59.2. The molecule has 0 bridgehead atoms. The molecule has 0 saturated heterocycles. The number of aryl methyl sites for hydroxylation is 3. The molecule has 6 aromatic heterocycles. The Morgan fingerprint density at radius 1 is 0.388 bits per heavy atom. The topological polar surface area (TPSA) is 272 Å². The number of Topliss-reactive ketones (excluding diaryl/α,β-unsaturated/α-hetero) is 1.